The van der Waals surface area contributed by atoms with E-state index < -0.39 is 0 Å². The molecule has 4 aromatic rings. The van der Waals surface area contributed by atoms with E-state index in [2.05, 4.69) is 31.4 Å². The van der Waals surface area contributed by atoms with Crippen LogP contribution in [-0.4, -0.2) is 11.8 Å². The smallest absolute Gasteiger partial charge is 0.291 e. The van der Waals surface area contributed by atoms with Crippen molar-refractivity contribution < 1.29 is 14.0 Å². The Morgan fingerprint density at radius 2 is 1.76 bits per heavy atom. The van der Waals surface area contributed by atoms with Crippen LogP contribution in [0.3, 0.4) is 0 Å². The fraction of sp³-hybridized carbons (Fsp3) is 0.286. The number of benzene rings is 2. The van der Waals surface area contributed by atoms with Crippen LogP contribution in [0, 0.1) is 11.3 Å². The number of anilines is 2. The number of thiophene rings is 1. The van der Waals surface area contributed by atoms with Gasteiger partial charge in [-0.2, -0.15) is 0 Å². The van der Waals surface area contributed by atoms with E-state index in [4.69, 9.17) is 4.42 Å². The van der Waals surface area contributed by atoms with E-state index in [0.717, 1.165) is 41.3 Å². The quantitative estimate of drug-likeness (QED) is 0.331. The van der Waals surface area contributed by atoms with Gasteiger partial charge in [0.1, 0.15) is 5.00 Å². The number of furan rings is 1. The summed E-state index contributed by atoms with van der Waals surface area (Å²) in [4.78, 5) is 27.7. The highest BCUT2D eigenvalue weighted by molar-refractivity contribution is 7.17. The molecule has 0 saturated carbocycles. The molecule has 0 fully saturated rings. The summed E-state index contributed by atoms with van der Waals surface area (Å²) < 4.78 is 5.27. The van der Waals surface area contributed by atoms with Crippen molar-refractivity contribution in [1.29, 1.82) is 0 Å². The second kappa shape index (κ2) is 8.76. The van der Waals surface area contributed by atoms with Crippen LogP contribution in [0.1, 0.15) is 58.5 Å². The Morgan fingerprint density at radius 3 is 2.53 bits per heavy atom. The van der Waals surface area contributed by atoms with Gasteiger partial charge >= 0.3 is 0 Å². The molecule has 174 valence electrons. The SMILES string of the molecule is CC(C)(C)[C@H]1CCc2c(sc(NC(=O)c3ccco3)c2C(=O)Nc2cccc3ccccc23)C1. The molecule has 0 spiro atoms. The van der Waals surface area contributed by atoms with Gasteiger partial charge in [0, 0.05) is 16.0 Å². The second-order valence-electron chi connectivity index (χ2n) is 9.93. The lowest BCUT2D eigenvalue weighted by Gasteiger charge is -2.33. The van der Waals surface area contributed by atoms with Gasteiger partial charge in [0.25, 0.3) is 11.8 Å². The van der Waals surface area contributed by atoms with Crippen LogP contribution in [0.4, 0.5) is 10.7 Å². The molecule has 0 saturated heterocycles. The van der Waals surface area contributed by atoms with Crippen LogP contribution in [0.2, 0.25) is 0 Å². The first-order valence-corrected chi connectivity index (χ1v) is 12.4. The zero-order valence-electron chi connectivity index (χ0n) is 19.6. The molecule has 5 nitrogen and oxygen atoms in total. The molecule has 1 atom stereocenters. The van der Waals surface area contributed by atoms with Crippen molar-refractivity contribution in [2.45, 2.75) is 40.0 Å². The van der Waals surface area contributed by atoms with Crippen molar-refractivity contribution in [3.63, 3.8) is 0 Å². The van der Waals surface area contributed by atoms with Crippen LogP contribution in [0.5, 0.6) is 0 Å². The molecule has 0 radical (unpaired) electrons. The molecule has 34 heavy (non-hydrogen) atoms. The Hall–Kier alpha value is -3.38. The van der Waals surface area contributed by atoms with Gasteiger partial charge in [-0.15, -0.1) is 11.3 Å². The summed E-state index contributed by atoms with van der Waals surface area (Å²) in [6, 6.07) is 17.2. The Bertz CT molecular complexity index is 1360. The number of hydrogen-bond acceptors (Lipinski definition) is 4. The fourth-order valence-corrected chi connectivity index (χ4v) is 6.07. The van der Waals surface area contributed by atoms with Gasteiger partial charge in [0.05, 0.1) is 11.8 Å². The average molecular weight is 473 g/mol. The lowest BCUT2D eigenvalue weighted by molar-refractivity contribution is 0.0997. The third kappa shape index (κ3) is 4.26. The molecule has 0 bridgehead atoms. The Labute approximate surface area is 203 Å². The summed E-state index contributed by atoms with van der Waals surface area (Å²) in [5.41, 5.74) is 2.57. The summed E-state index contributed by atoms with van der Waals surface area (Å²) in [7, 11) is 0. The maximum absolute atomic E-state index is 13.7. The number of rotatable bonds is 4. The van der Waals surface area contributed by atoms with Crippen LogP contribution in [0.15, 0.2) is 65.3 Å². The van der Waals surface area contributed by atoms with E-state index in [-0.39, 0.29) is 23.0 Å². The minimum Gasteiger partial charge on any atom is -0.459 e. The standard InChI is InChI=1S/C28H28N2O3S/c1-28(2,3)18-13-14-20-23(16-18)34-27(30-25(31)22-12-7-15-33-22)24(20)26(32)29-21-11-6-9-17-8-4-5-10-19(17)21/h4-12,15,18H,13-14,16H2,1-3H3,(H,29,32)(H,30,31)/t18-/m0/s1. The highest BCUT2D eigenvalue weighted by atomic mass is 32.1. The summed E-state index contributed by atoms with van der Waals surface area (Å²) in [6.07, 6.45) is 4.22. The van der Waals surface area contributed by atoms with Gasteiger partial charge in [-0.05, 0) is 59.7 Å². The van der Waals surface area contributed by atoms with E-state index in [0.29, 0.717) is 16.5 Å². The molecular formula is C28H28N2O3S. The third-order valence-corrected chi connectivity index (χ3v) is 7.90. The Kier molecular flexibility index (Phi) is 5.78. The molecule has 1 aliphatic carbocycles. The van der Waals surface area contributed by atoms with E-state index in [1.807, 2.05) is 42.5 Å². The molecular weight excluding hydrogens is 444 g/mol. The number of carbonyl (C=O) groups is 2. The molecule has 1 aliphatic rings. The molecule has 0 aliphatic heterocycles. The summed E-state index contributed by atoms with van der Waals surface area (Å²) >= 11 is 1.52. The summed E-state index contributed by atoms with van der Waals surface area (Å²) in [5.74, 6) is 0.202. The van der Waals surface area contributed by atoms with E-state index in [1.54, 1.807) is 12.1 Å². The largest absolute Gasteiger partial charge is 0.459 e. The summed E-state index contributed by atoms with van der Waals surface area (Å²) in [6.45, 7) is 6.80. The number of amides is 2. The lowest BCUT2D eigenvalue weighted by atomic mass is 9.72. The first-order valence-electron chi connectivity index (χ1n) is 11.6. The first-order chi connectivity index (χ1) is 16.3. The number of nitrogens with one attached hydrogen (secondary N) is 2. The van der Waals surface area contributed by atoms with E-state index in [1.165, 1.54) is 22.5 Å². The Balaban J connectivity index is 1.52. The fourth-order valence-electron chi connectivity index (χ4n) is 4.75. The van der Waals surface area contributed by atoms with Crippen molar-refractivity contribution in [2.75, 3.05) is 10.6 Å². The van der Waals surface area contributed by atoms with Gasteiger partial charge in [-0.25, -0.2) is 0 Å². The lowest BCUT2D eigenvalue weighted by Crippen LogP contribution is -2.27. The van der Waals surface area contributed by atoms with Gasteiger partial charge in [-0.3, -0.25) is 9.59 Å². The number of fused-ring (bicyclic) bond motifs is 2. The predicted octanol–water partition coefficient (Wildman–Crippen LogP) is 7.15. The van der Waals surface area contributed by atoms with Crippen LogP contribution in [0.25, 0.3) is 10.8 Å². The predicted molar refractivity (Wildman–Crippen MR) is 138 cm³/mol. The van der Waals surface area contributed by atoms with Crippen molar-refractivity contribution in [3.05, 3.63) is 82.6 Å². The van der Waals surface area contributed by atoms with Gasteiger partial charge in [0.15, 0.2) is 5.76 Å². The Morgan fingerprint density at radius 1 is 0.971 bits per heavy atom. The van der Waals surface area contributed by atoms with E-state index >= 15 is 0 Å². The number of hydrogen-bond donors (Lipinski definition) is 2. The monoisotopic (exact) mass is 472 g/mol. The number of carbonyl (C=O) groups excluding carboxylic acids is 2. The first kappa shape index (κ1) is 22.4. The molecule has 5 rings (SSSR count). The molecule has 2 amide bonds. The van der Waals surface area contributed by atoms with Gasteiger partial charge in [0.2, 0.25) is 0 Å². The molecule has 2 N–H and O–H groups in total. The highest BCUT2D eigenvalue weighted by Crippen LogP contribution is 2.44. The van der Waals surface area contributed by atoms with Gasteiger partial charge in [-0.1, -0.05) is 57.2 Å². The van der Waals surface area contributed by atoms with Crippen molar-refractivity contribution in [1.82, 2.24) is 0 Å². The van der Waals surface area contributed by atoms with Crippen molar-refractivity contribution in [2.24, 2.45) is 11.3 Å². The maximum Gasteiger partial charge on any atom is 0.291 e. The zero-order chi connectivity index (χ0) is 23.9. The van der Waals surface area contributed by atoms with Gasteiger partial charge < -0.3 is 15.1 Å². The summed E-state index contributed by atoms with van der Waals surface area (Å²) in [5, 5.41) is 8.70. The minimum absolute atomic E-state index is 0.185. The van der Waals surface area contributed by atoms with Crippen molar-refractivity contribution in [3.8, 4) is 0 Å². The molecule has 2 aromatic carbocycles. The second-order valence-corrected chi connectivity index (χ2v) is 11.0. The van der Waals surface area contributed by atoms with Crippen molar-refractivity contribution >= 4 is 44.6 Å². The molecule has 6 heteroatoms. The topological polar surface area (TPSA) is 71.3 Å². The maximum atomic E-state index is 13.7. The van der Waals surface area contributed by atoms with Crippen LogP contribution >= 0.6 is 11.3 Å². The van der Waals surface area contributed by atoms with Crippen LogP contribution < -0.4 is 10.6 Å². The third-order valence-electron chi connectivity index (χ3n) is 6.73. The minimum atomic E-state index is -0.352. The highest BCUT2D eigenvalue weighted by Gasteiger charge is 2.34. The zero-order valence-corrected chi connectivity index (χ0v) is 20.4. The molecule has 2 aromatic heterocycles. The normalized spacial score (nSPS) is 15.7. The van der Waals surface area contributed by atoms with E-state index in [9.17, 15) is 9.59 Å². The average Bonchev–Trinajstić information content (AvgIpc) is 3.46. The molecule has 0 unspecified atom stereocenters. The van der Waals surface area contributed by atoms with Crippen LogP contribution in [-0.2, 0) is 12.8 Å². The molecule has 2 heterocycles.